The zero-order valence-corrected chi connectivity index (χ0v) is 12.4. The minimum Gasteiger partial charge on any atom is -0.309 e. The van der Waals surface area contributed by atoms with Crippen molar-refractivity contribution >= 4 is 0 Å². The predicted octanol–water partition coefficient (Wildman–Crippen LogP) is 4.45. The molecular weight excluding hydrogens is 249 g/mol. The Kier molecular flexibility index (Phi) is 4.56. The molecule has 1 atom stereocenters. The third-order valence-corrected chi connectivity index (χ3v) is 3.83. The first-order valence-electron chi connectivity index (χ1n) is 7.10. The standard InChI is InChI=1S/C18H22FN/c1-4-20-17(14-9-8-12-16(19)13-14)18(2,3)15-10-6-5-7-11-15/h5-13,17,20H,4H2,1-3H3. The first-order valence-corrected chi connectivity index (χ1v) is 7.10. The fraction of sp³-hybridized carbons (Fsp3) is 0.333. The molecule has 1 nitrogen and oxygen atoms in total. The van der Waals surface area contributed by atoms with Crippen molar-refractivity contribution in [3.05, 3.63) is 71.5 Å². The van der Waals surface area contributed by atoms with Crippen LogP contribution in [-0.4, -0.2) is 6.54 Å². The number of hydrogen-bond donors (Lipinski definition) is 1. The zero-order chi connectivity index (χ0) is 14.6. The Morgan fingerprint density at radius 1 is 1.05 bits per heavy atom. The summed E-state index contributed by atoms with van der Waals surface area (Å²) < 4.78 is 13.5. The van der Waals surface area contributed by atoms with Crippen LogP contribution in [0.15, 0.2) is 54.6 Å². The molecule has 1 unspecified atom stereocenters. The average molecular weight is 271 g/mol. The second kappa shape index (κ2) is 6.19. The highest BCUT2D eigenvalue weighted by atomic mass is 19.1. The molecule has 0 aromatic heterocycles. The number of benzene rings is 2. The minimum atomic E-state index is -0.186. The van der Waals surface area contributed by atoms with Gasteiger partial charge in [-0.3, -0.25) is 0 Å². The van der Waals surface area contributed by atoms with E-state index in [9.17, 15) is 4.39 Å². The Bertz CT molecular complexity index is 548. The molecule has 0 saturated heterocycles. The van der Waals surface area contributed by atoms with E-state index in [0.29, 0.717) is 0 Å². The third kappa shape index (κ3) is 3.07. The molecule has 0 saturated carbocycles. The van der Waals surface area contributed by atoms with Gasteiger partial charge in [-0.2, -0.15) is 0 Å². The van der Waals surface area contributed by atoms with E-state index in [1.807, 2.05) is 24.3 Å². The molecule has 0 fully saturated rings. The quantitative estimate of drug-likeness (QED) is 0.847. The Balaban J connectivity index is 2.42. The van der Waals surface area contributed by atoms with Crippen molar-refractivity contribution in [2.24, 2.45) is 0 Å². The summed E-state index contributed by atoms with van der Waals surface area (Å²) >= 11 is 0. The van der Waals surface area contributed by atoms with Gasteiger partial charge in [0.25, 0.3) is 0 Å². The molecule has 0 heterocycles. The molecule has 0 bridgehead atoms. The van der Waals surface area contributed by atoms with Gasteiger partial charge in [-0.15, -0.1) is 0 Å². The second-order valence-corrected chi connectivity index (χ2v) is 5.63. The average Bonchev–Trinajstić information content (AvgIpc) is 2.45. The first-order chi connectivity index (χ1) is 9.55. The maximum absolute atomic E-state index is 13.5. The van der Waals surface area contributed by atoms with Crippen molar-refractivity contribution in [1.82, 2.24) is 5.32 Å². The van der Waals surface area contributed by atoms with E-state index in [-0.39, 0.29) is 17.3 Å². The molecule has 20 heavy (non-hydrogen) atoms. The van der Waals surface area contributed by atoms with Crippen LogP contribution in [-0.2, 0) is 5.41 Å². The van der Waals surface area contributed by atoms with Gasteiger partial charge < -0.3 is 5.32 Å². The van der Waals surface area contributed by atoms with E-state index in [0.717, 1.165) is 12.1 Å². The molecule has 1 N–H and O–H groups in total. The summed E-state index contributed by atoms with van der Waals surface area (Å²) in [5.74, 6) is -0.186. The highest BCUT2D eigenvalue weighted by molar-refractivity contribution is 5.32. The molecule has 2 rings (SSSR count). The molecule has 0 aliphatic carbocycles. The number of nitrogens with one attached hydrogen (secondary N) is 1. The van der Waals surface area contributed by atoms with E-state index in [1.54, 1.807) is 12.1 Å². The van der Waals surface area contributed by atoms with Gasteiger partial charge in [0.2, 0.25) is 0 Å². The van der Waals surface area contributed by atoms with E-state index in [2.05, 4.69) is 38.2 Å². The number of likely N-dealkylation sites (N-methyl/N-ethyl adjacent to an activating group) is 1. The van der Waals surface area contributed by atoms with Gasteiger partial charge in [0.15, 0.2) is 0 Å². The van der Waals surface area contributed by atoms with Gasteiger partial charge in [0, 0.05) is 11.5 Å². The topological polar surface area (TPSA) is 12.0 Å². The summed E-state index contributed by atoms with van der Waals surface area (Å²) in [5, 5.41) is 3.50. The molecule has 106 valence electrons. The minimum absolute atomic E-state index is 0.0746. The Morgan fingerprint density at radius 3 is 2.35 bits per heavy atom. The molecular formula is C18H22FN. The van der Waals surface area contributed by atoms with Gasteiger partial charge in [-0.25, -0.2) is 4.39 Å². The van der Waals surface area contributed by atoms with Crippen LogP contribution in [0.25, 0.3) is 0 Å². The third-order valence-electron chi connectivity index (χ3n) is 3.83. The maximum atomic E-state index is 13.5. The molecule has 2 aromatic carbocycles. The second-order valence-electron chi connectivity index (χ2n) is 5.63. The predicted molar refractivity (Wildman–Crippen MR) is 82.3 cm³/mol. The van der Waals surface area contributed by atoms with Crippen LogP contribution in [0.3, 0.4) is 0 Å². The lowest BCUT2D eigenvalue weighted by molar-refractivity contribution is 0.353. The van der Waals surface area contributed by atoms with E-state index >= 15 is 0 Å². The van der Waals surface area contributed by atoms with Crippen LogP contribution in [0.1, 0.15) is 37.9 Å². The zero-order valence-electron chi connectivity index (χ0n) is 12.4. The van der Waals surface area contributed by atoms with Crippen LogP contribution in [0.2, 0.25) is 0 Å². The van der Waals surface area contributed by atoms with Crippen molar-refractivity contribution in [3.8, 4) is 0 Å². The van der Waals surface area contributed by atoms with Crippen LogP contribution in [0.5, 0.6) is 0 Å². The lowest BCUT2D eigenvalue weighted by Gasteiger charge is -2.36. The van der Waals surface area contributed by atoms with Gasteiger partial charge in [-0.05, 0) is 29.8 Å². The number of hydrogen-bond acceptors (Lipinski definition) is 1. The Labute approximate surface area is 120 Å². The van der Waals surface area contributed by atoms with Crippen LogP contribution in [0.4, 0.5) is 4.39 Å². The Morgan fingerprint density at radius 2 is 1.75 bits per heavy atom. The maximum Gasteiger partial charge on any atom is 0.123 e. The van der Waals surface area contributed by atoms with Crippen molar-refractivity contribution in [2.45, 2.75) is 32.2 Å². The van der Waals surface area contributed by atoms with Crippen LogP contribution >= 0.6 is 0 Å². The molecule has 0 amide bonds. The summed E-state index contributed by atoms with van der Waals surface area (Å²) in [6.45, 7) is 7.31. The SMILES string of the molecule is CCNC(c1cccc(F)c1)C(C)(C)c1ccccc1. The lowest BCUT2D eigenvalue weighted by Crippen LogP contribution is -2.37. The van der Waals surface area contributed by atoms with Gasteiger partial charge in [0.1, 0.15) is 5.82 Å². The lowest BCUT2D eigenvalue weighted by atomic mass is 9.75. The van der Waals surface area contributed by atoms with Crippen LogP contribution < -0.4 is 5.32 Å². The van der Waals surface area contributed by atoms with Gasteiger partial charge in [0.05, 0.1) is 0 Å². The van der Waals surface area contributed by atoms with Gasteiger partial charge >= 0.3 is 0 Å². The first kappa shape index (κ1) is 14.7. The van der Waals surface area contributed by atoms with Crippen molar-refractivity contribution in [3.63, 3.8) is 0 Å². The van der Waals surface area contributed by atoms with E-state index < -0.39 is 0 Å². The van der Waals surface area contributed by atoms with Crippen molar-refractivity contribution in [2.75, 3.05) is 6.54 Å². The van der Waals surface area contributed by atoms with Crippen molar-refractivity contribution < 1.29 is 4.39 Å². The Hall–Kier alpha value is -1.67. The monoisotopic (exact) mass is 271 g/mol. The van der Waals surface area contributed by atoms with Crippen molar-refractivity contribution in [1.29, 1.82) is 0 Å². The summed E-state index contributed by atoms with van der Waals surface area (Å²) in [5.41, 5.74) is 2.11. The number of halogens is 1. The largest absolute Gasteiger partial charge is 0.309 e. The highest BCUT2D eigenvalue weighted by Crippen LogP contribution is 2.36. The fourth-order valence-corrected chi connectivity index (χ4v) is 2.71. The smallest absolute Gasteiger partial charge is 0.123 e. The molecule has 2 aromatic rings. The van der Waals surface area contributed by atoms with E-state index in [1.165, 1.54) is 11.6 Å². The summed E-state index contributed by atoms with van der Waals surface area (Å²) in [6.07, 6.45) is 0. The molecule has 0 aliphatic rings. The molecule has 2 heteroatoms. The highest BCUT2D eigenvalue weighted by Gasteiger charge is 2.31. The number of rotatable bonds is 5. The van der Waals surface area contributed by atoms with Crippen LogP contribution in [0, 0.1) is 5.82 Å². The van der Waals surface area contributed by atoms with Gasteiger partial charge in [-0.1, -0.05) is 63.2 Å². The molecule has 0 radical (unpaired) electrons. The normalized spacial score (nSPS) is 13.2. The molecule has 0 aliphatic heterocycles. The van der Waals surface area contributed by atoms with E-state index in [4.69, 9.17) is 0 Å². The fourth-order valence-electron chi connectivity index (χ4n) is 2.71. The summed E-state index contributed by atoms with van der Waals surface area (Å²) in [6, 6.07) is 17.3. The summed E-state index contributed by atoms with van der Waals surface area (Å²) in [4.78, 5) is 0. The summed E-state index contributed by atoms with van der Waals surface area (Å²) in [7, 11) is 0. The molecule has 0 spiro atoms.